The van der Waals surface area contributed by atoms with Crippen molar-refractivity contribution >= 4 is 46.9 Å². The lowest BCUT2D eigenvalue weighted by Gasteiger charge is -2.05. The SMILES string of the molecule is O=COc1cc2nnc(-c3c(Cl)cc(Cl)cc3Cl)n2[nH]1. The van der Waals surface area contributed by atoms with Crippen molar-refractivity contribution in [2.45, 2.75) is 0 Å². The van der Waals surface area contributed by atoms with Gasteiger partial charge in [-0.2, -0.15) is 0 Å². The van der Waals surface area contributed by atoms with Crippen LogP contribution >= 0.6 is 34.8 Å². The Bertz CT molecular complexity index is 788. The Kier molecular flexibility index (Phi) is 3.29. The van der Waals surface area contributed by atoms with Gasteiger partial charge < -0.3 is 4.74 Å². The molecule has 0 unspecified atom stereocenters. The van der Waals surface area contributed by atoms with Crippen molar-refractivity contribution in [3.05, 3.63) is 33.3 Å². The Labute approximate surface area is 127 Å². The first kappa shape index (κ1) is 13.2. The summed E-state index contributed by atoms with van der Waals surface area (Å²) in [5, 5.41) is 11.8. The summed E-state index contributed by atoms with van der Waals surface area (Å²) in [7, 11) is 0. The molecule has 0 radical (unpaired) electrons. The number of halogens is 3. The number of aromatic amines is 1. The third kappa shape index (κ3) is 2.11. The highest BCUT2D eigenvalue weighted by Crippen LogP contribution is 2.36. The van der Waals surface area contributed by atoms with Gasteiger partial charge in [0.1, 0.15) is 0 Å². The number of aromatic nitrogens is 4. The number of benzene rings is 1. The maximum Gasteiger partial charge on any atom is 0.299 e. The van der Waals surface area contributed by atoms with Gasteiger partial charge in [0, 0.05) is 11.1 Å². The van der Waals surface area contributed by atoms with Gasteiger partial charge in [-0.25, -0.2) is 4.52 Å². The smallest absolute Gasteiger partial charge is 0.299 e. The van der Waals surface area contributed by atoms with E-state index in [-0.39, 0.29) is 5.88 Å². The second-order valence-corrected chi connectivity index (χ2v) is 5.05. The van der Waals surface area contributed by atoms with Crippen LogP contribution in [0, 0.1) is 0 Å². The number of hydrogen-bond acceptors (Lipinski definition) is 4. The minimum Gasteiger partial charge on any atom is -0.410 e. The van der Waals surface area contributed by atoms with Gasteiger partial charge >= 0.3 is 0 Å². The number of hydrogen-bond donors (Lipinski definition) is 1. The van der Waals surface area contributed by atoms with Crippen LogP contribution in [0.1, 0.15) is 0 Å². The van der Waals surface area contributed by atoms with E-state index in [0.29, 0.717) is 38.6 Å². The van der Waals surface area contributed by atoms with E-state index in [4.69, 9.17) is 39.5 Å². The van der Waals surface area contributed by atoms with Gasteiger partial charge in [-0.1, -0.05) is 34.8 Å². The van der Waals surface area contributed by atoms with E-state index < -0.39 is 0 Å². The molecule has 0 fully saturated rings. The first-order valence-electron chi connectivity index (χ1n) is 5.29. The fourth-order valence-corrected chi connectivity index (χ4v) is 2.78. The molecular weight excluding hydrogens is 327 g/mol. The maximum atomic E-state index is 10.3. The summed E-state index contributed by atoms with van der Waals surface area (Å²) in [6.07, 6.45) is 0. The lowest BCUT2D eigenvalue weighted by atomic mass is 10.2. The number of nitrogens with zero attached hydrogens (tertiary/aromatic N) is 3. The monoisotopic (exact) mass is 330 g/mol. The summed E-state index contributed by atoms with van der Waals surface area (Å²) in [6, 6.07) is 4.62. The minimum absolute atomic E-state index is 0.229. The van der Waals surface area contributed by atoms with Gasteiger partial charge in [0.25, 0.3) is 6.47 Å². The van der Waals surface area contributed by atoms with Crippen molar-refractivity contribution in [3.63, 3.8) is 0 Å². The largest absolute Gasteiger partial charge is 0.410 e. The number of nitrogens with one attached hydrogen (secondary N) is 1. The number of H-pyrrole nitrogens is 1. The predicted octanol–water partition coefficient (Wildman–Crippen LogP) is 3.22. The molecule has 3 aromatic rings. The Morgan fingerprint density at radius 2 is 1.85 bits per heavy atom. The quantitative estimate of drug-likeness (QED) is 0.748. The highest BCUT2D eigenvalue weighted by atomic mass is 35.5. The summed E-state index contributed by atoms with van der Waals surface area (Å²) >= 11 is 18.2. The Balaban J connectivity index is 2.21. The molecule has 1 aromatic carbocycles. The number of carbonyl (C=O) groups is 1. The van der Waals surface area contributed by atoms with Crippen molar-refractivity contribution < 1.29 is 9.53 Å². The Morgan fingerprint density at radius 1 is 1.15 bits per heavy atom. The van der Waals surface area contributed by atoms with Crippen molar-refractivity contribution in [1.29, 1.82) is 0 Å². The van der Waals surface area contributed by atoms with E-state index in [2.05, 4.69) is 15.3 Å². The van der Waals surface area contributed by atoms with Crippen LogP contribution in [0.4, 0.5) is 0 Å². The summed E-state index contributed by atoms with van der Waals surface area (Å²) in [5.74, 6) is 0.611. The topological polar surface area (TPSA) is 72.3 Å². The predicted molar refractivity (Wildman–Crippen MR) is 74.5 cm³/mol. The first-order chi connectivity index (χ1) is 9.60. The van der Waals surface area contributed by atoms with Crippen molar-refractivity contribution in [1.82, 2.24) is 19.8 Å². The standard InChI is InChI=1S/C11H5Cl3N4O2/c12-5-1-6(13)10(7(14)2-5)11-16-15-8-3-9(20-4-19)17-18(8)11/h1-4,17H. The number of fused-ring (bicyclic) bond motifs is 1. The van der Waals surface area contributed by atoms with E-state index in [1.165, 1.54) is 10.6 Å². The molecule has 0 aliphatic carbocycles. The zero-order valence-electron chi connectivity index (χ0n) is 9.60. The molecule has 0 aliphatic rings. The molecule has 1 N–H and O–H groups in total. The van der Waals surface area contributed by atoms with Gasteiger partial charge in [0.15, 0.2) is 11.5 Å². The molecule has 0 atom stereocenters. The Morgan fingerprint density at radius 3 is 2.50 bits per heavy atom. The molecule has 0 amide bonds. The number of carbonyl (C=O) groups excluding carboxylic acids is 1. The molecular formula is C11H5Cl3N4O2. The molecule has 20 heavy (non-hydrogen) atoms. The fraction of sp³-hybridized carbons (Fsp3) is 0. The lowest BCUT2D eigenvalue weighted by molar-refractivity contribution is -0.120. The van der Waals surface area contributed by atoms with E-state index >= 15 is 0 Å². The zero-order chi connectivity index (χ0) is 14.3. The van der Waals surface area contributed by atoms with Crippen LogP contribution in [-0.2, 0) is 4.79 Å². The van der Waals surface area contributed by atoms with Gasteiger partial charge in [0.2, 0.25) is 5.88 Å². The van der Waals surface area contributed by atoms with Crippen molar-refractivity contribution in [3.8, 4) is 17.3 Å². The highest BCUT2D eigenvalue weighted by Gasteiger charge is 2.18. The van der Waals surface area contributed by atoms with Crippen LogP contribution in [0.25, 0.3) is 17.0 Å². The van der Waals surface area contributed by atoms with E-state index in [1.54, 1.807) is 12.1 Å². The van der Waals surface area contributed by atoms with Crippen LogP contribution in [0.3, 0.4) is 0 Å². The van der Waals surface area contributed by atoms with Crippen LogP contribution in [0.15, 0.2) is 18.2 Å². The third-order valence-corrected chi connectivity index (χ3v) is 3.39. The summed E-state index contributed by atoms with van der Waals surface area (Å²) in [6.45, 7) is 0.306. The highest BCUT2D eigenvalue weighted by molar-refractivity contribution is 6.41. The molecule has 6 nitrogen and oxygen atoms in total. The maximum absolute atomic E-state index is 10.3. The number of ether oxygens (including phenoxy) is 1. The van der Waals surface area contributed by atoms with Gasteiger partial charge in [0.05, 0.1) is 15.6 Å². The average Bonchev–Trinajstić information content (AvgIpc) is 2.90. The third-order valence-electron chi connectivity index (χ3n) is 2.58. The summed E-state index contributed by atoms with van der Waals surface area (Å²) in [4.78, 5) is 10.3. The summed E-state index contributed by atoms with van der Waals surface area (Å²) < 4.78 is 6.21. The normalized spacial score (nSPS) is 10.9. The molecule has 2 heterocycles. The van der Waals surface area contributed by atoms with Gasteiger partial charge in [-0.15, -0.1) is 10.2 Å². The van der Waals surface area contributed by atoms with Crippen LogP contribution in [0.5, 0.6) is 5.88 Å². The minimum atomic E-state index is 0.229. The summed E-state index contributed by atoms with van der Waals surface area (Å²) in [5.41, 5.74) is 0.934. The molecule has 3 rings (SSSR count). The van der Waals surface area contributed by atoms with E-state index in [0.717, 1.165) is 0 Å². The fourth-order valence-electron chi connectivity index (χ4n) is 1.79. The Hall–Kier alpha value is -1.76. The van der Waals surface area contributed by atoms with Crippen LogP contribution < -0.4 is 4.74 Å². The van der Waals surface area contributed by atoms with Gasteiger partial charge in [-0.05, 0) is 12.1 Å². The second-order valence-electron chi connectivity index (χ2n) is 3.80. The van der Waals surface area contributed by atoms with Gasteiger partial charge in [-0.3, -0.25) is 9.89 Å². The molecule has 9 heteroatoms. The van der Waals surface area contributed by atoms with Crippen molar-refractivity contribution in [2.75, 3.05) is 0 Å². The molecule has 0 saturated heterocycles. The van der Waals surface area contributed by atoms with Crippen LogP contribution in [0.2, 0.25) is 15.1 Å². The molecule has 0 aliphatic heterocycles. The van der Waals surface area contributed by atoms with E-state index in [1.807, 2.05) is 0 Å². The lowest BCUT2D eigenvalue weighted by Crippen LogP contribution is -1.94. The second kappa shape index (κ2) is 4.97. The van der Waals surface area contributed by atoms with Crippen molar-refractivity contribution in [2.24, 2.45) is 0 Å². The number of rotatable bonds is 3. The molecule has 102 valence electrons. The molecule has 2 aromatic heterocycles. The zero-order valence-corrected chi connectivity index (χ0v) is 11.9. The molecule has 0 bridgehead atoms. The molecule has 0 spiro atoms. The molecule has 0 saturated carbocycles. The van der Waals surface area contributed by atoms with Crippen LogP contribution in [-0.4, -0.2) is 26.3 Å². The van der Waals surface area contributed by atoms with E-state index in [9.17, 15) is 4.79 Å². The average molecular weight is 332 g/mol. The first-order valence-corrected chi connectivity index (χ1v) is 6.43.